The first-order chi connectivity index (χ1) is 10.4. The molecule has 0 aliphatic carbocycles. The van der Waals surface area contributed by atoms with Crippen molar-refractivity contribution in [3.05, 3.63) is 46.0 Å². The van der Waals surface area contributed by atoms with Gasteiger partial charge in [0.2, 0.25) is 15.0 Å². The third-order valence-corrected chi connectivity index (χ3v) is 4.78. The molecule has 0 unspecified atom stereocenters. The largest absolute Gasteiger partial charge is 0.293 e. The highest BCUT2D eigenvalue weighted by Gasteiger charge is 2.21. The highest BCUT2D eigenvalue weighted by atomic mass is 79.9. The van der Waals surface area contributed by atoms with Gasteiger partial charge in [-0.15, -0.1) is 0 Å². The third-order valence-electron chi connectivity index (χ3n) is 3.48. The number of pyridine rings is 1. The molecule has 0 aromatic carbocycles. The summed E-state index contributed by atoms with van der Waals surface area (Å²) in [5.74, 6) is 0. The molecule has 22 heavy (non-hydrogen) atoms. The summed E-state index contributed by atoms with van der Waals surface area (Å²) in [4.78, 5) is 14.8. The average molecular weight is 383 g/mol. The molecule has 0 saturated heterocycles. The first-order valence-corrected chi connectivity index (χ1v) is 9.49. The highest BCUT2D eigenvalue weighted by Crippen LogP contribution is 2.19. The molecule has 0 bridgehead atoms. The topological polar surface area (TPSA) is 76.1 Å². The summed E-state index contributed by atoms with van der Waals surface area (Å²) < 4.78 is 23.8. The zero-order chi connectivity index (χ0) is 15.7. The van der Waals surface area contributed by atoms with Crippen LogP contribution in [0.5, 0.6) is 0 Å². The second-order valence-corrected chi connectivity index (χ2v) is 8.03. The molecule has 8 heteroatoms. The van der Waals surface area contributed by atoms with Crippen LogP contribution in [0.2, 0.25) is 0 Å². The standard InChI is InChI=1S/C14H15BrN4O2S/c1-22(20,21)14-16-7-10-8-19(6-5-12(10)18-14)9-11-3-2-4-13(15)17-11/h2-4,7H,5-6,8-9H2,1H3. The molecule has 1 aliphatic heterocycles. The zero-order valence-electron chi connectivity index (χ0n) is 12.0. The van der Waals surface area contributed by atoms with Crippen LogP contribution in [0.4, 0.5) is 0 Å². The van der Waals surface area contributed by atoms with E-state index in [1.54, 1.807) is 6.20 Å². The first kappa shape index (κ1) is 15.5. The summed E-state index contributed by atoms with van der Waals surface area (Å²) in [7, 11) is -3.35. The normalized spacial score (nSPS) is 15.5. The van der Waals surface area contributed by atoms with Crippen LogP contribution in [-0.4, -0.2) is 41.1 Å². The van der Waals surface area contributed by atoms with E-state index in [0.717, 1.165) is 40.9 Å². The summed E-state index contributed by atoms with van der Waals surface area (Å²) in [5, 5.41) is -0.0895. The maximum atomic E-state index is 11.5. The predicted octanol–water partition coefficient (Wildman–Crippen LogP) is 1.60. The summed E-state index contributed by atoms with van der Waals surface area (Å²) in [6, 6.07) is 5.85. The SMILES string of the molecule is CS(=O)(=O)c1ncc2c(n1)CCN(Cc1cccc(Br)n1)C2. The zero-order valence-corrected chi connectivity index (χ0v) is 14.4. The summed E-state index contributed by atoms with van der Waals surface area (Å²) >= 11 is 3.37. The highest BCUT2D eigenvalue weighted by molar-refractivity contribution is 9.10. The quantitative estimate of drug-likeness (QED) is 0.592. The Hall–Kier alpha value is -1.38. The summed E-state index contributed by atoms with van der Waals surface area (Å²) in [5.41, 5.74) is 2.80. The fraction of sp³-hybridized carbons (Fsp3) is 0.357. The third kappa shape index (κ3) is 3.50. The van der Waals surface area contributed by atoms with Crippen molar-refractivity contribution in [2.45, 2.75) is 24.7 Å². The monoisotopic (exact) mass is 382 g/mol. The Labute approximate surface area is 137 Å². The Kier molecular flexibility index (Phi) is 4.24. The second kappa shape index (κ2) is 6.02. The van der Waals surface area contributed by atoms with Crippen LogP contribution in [0.25, 0.3) is 0 Å². The number of hydrogen-bond donors (Lipinski definition) is 0. The lowest BCUT2D eigenvalue weighted by molar-refractivity contribution is 0.239. The molecule has 2 aromatic rings. The number of hydrogen-bond acceptors (Lipinski definition) is 6. The van der Waals surface area contributed by atoms with E-state index < -0.39 is 9.84 Å². The van der Waals surface area contributed by atoms with Gasteiger partial charge in [-0.25, -0.2) is 23.4 Å². The molecule has 0 saturated carbocycles. The van der Waals surface area contributed by atoms with Gasteiger partial charge in [-0.3, -0.25) is 4.90 Å². The van der Waals surface area contributed by atoms with Gasteiger partial charge in [0.25, 0.3) is 0 Å². The average Bonchev–Trinajstić information content (AvgIpc) is 2.45. The maximum Gasteiger partial charge on any atom is 0.246 e. The van der Waals surface area contributed by atoms with E-state index in [9.17, 15) is 8.42 Å². The van der Waals surface area contributed by atoms with Crippen LogP contribution < -0.4 is 0 Å². The molecule has 0 atom stereocenters. The van der Waals surface area contributed by atoms with Gasteiger partial charge in [-0.1, -0.05) is 6.07 Å². The van der Waals surface area contributed by atoms with Gasteiger partial charge >= 0.3 is 0 Å². The minimum Gasteiger partial charge on any atom is -0.293 e. The molecule has 0 fully saturated rings. The molecule has 116 valence electrons. The lowest BCUT2D eigenvalue weighted by atomic mass is 10.1. The molecule has 2 aromatic heterocycles. The van der Waals surface area contributed by atoms with Gasteiger partial charge in [-0.05, 0) is 28.1 Å². The van der Waals surface area contributed by atoms with Crippen LogP contribution in [-0.2, 0) is 29.3 Å². The van der Waals surface area contributed by atoms with E-state index in [-0.39, 0.29) is 5.16 Å². The molecule has 0 amide bonds. The van der Waals surface area contributed by atoms with E-state index in [1.165, 1.54) is 0 Å². The molecule has 0 N–H and O–H groups in total. The van der Waals surface area contributed by atoms with Gasteiger partial charge in [0.1, 0.15) is 4.60 Å². The Bertz CT molecular complexity index is 810. The molecule has 3 heterocycles. The molecular weight excluding hydrogens is 368 g/mol. The van der Waals surface area contributed by atoms with Crippen molar-refractivity contribution in [1.82, 2.24) is 19.9 Å². The minimum absolute atomic E-state index is 0.0895. The number of rotatable bonds is 3. The van der Waals surface area contributed by atoms with Crippen molar-refractivity contribution >= 4 is 25.8 Å². The first-order valence-electron chi connectivity index (χ1n) is 6.80. The van der Waals surface area contributed by atoms with Crippen molar-refractivity contribution in [3.63, 3.8) is 0 Å². The van der Waals surface area contributed by atoms with E-state index in [2.05, 4.69) is 35.8 Å². The van der Waals surface area contributed by atoms with Crippen LogP contribution in [0.15, 0.2) is 34.2 Å². The molecular formula is C14H15BrN4O2S. The molecule has 0 spiro atoms. The van der Waals surface area contributed by atoms with Gasteiger partial charge < -0.3 is 0 Å². The second-order valence-electron chi connectivity index (χ2n) is 5.31. The van der Waals surface area contributed by atoms with E-state index in [1.807, 2.05) is 18.2 Å². The minimum atomic E-state index is -3.35. The van der Waals surface area contributed by atoms with Crippen molar-refractivity contribution in [1.29, 1.82) is 0 Å². The fourth-order valence-electron chi connectivity index (χ4n) is 2.44. The fourth-order valence-corrected chi connectivity index (χ4v) is 3.34. The van der Waals surface area contributed by atoms with Crippen LogP contribution >= 0.6 is 15.9 Å². The van der Waals surface area contributed by atoms with Crippen molar-refractivity contribution in [3.8, 4) is 0 Å². The van der Waals surface area contributed by atoms with Gasteiger partial charge in [0, 0.05) is 44.1 Å². The smallest absolute Gasteiger partial charge is 0.246 e. The van der Waals surface area contributed by atoms with Gasteiger partial charge in [0.15, 0.2) is 0 Å². The molecule has 3 rings (SSSR count). The van der Waals surface area contributed by atoms with Gasteiger partial charge in [-0.2, -0.15) is 0 Å². The van der Waals surface area contributed by atoms with Crippen molar-refractivity contribution in [2.75, 3.05) is 12.8 Å². The number of aromatic nitrogens is 3. The maximum absolute atomic E-state index is 11.5. The number of halogens is 1. The van der Waals surface area contributed by atoms with E-state index in [4.69, 9.17) is 0 Å². The van der Waals surface area contributed by atoms with Crippen LogP contribution in [0.1, 0.15) is 17.0 Å². The summed E-state index contributed by atoms with van der Waals surface area (Å²) in [6.45, 7) is 2.27. The Balaban J connectivity index is 1.77. The van der Waals surface area contributed by atoms with E-state index >= 15 is 0 Å². The molecule has 6 nitrogen and oxygen atoms in total. The predicted molar refractivity (Wildman–Crippen MR) is 84.9 cm³/mol. The Morgan fingerprint density at radius 1 is 1.32 bits per heavy atom. The van der Waals surface area contributed by atoms with Crippen LogP contribution in [0.3, 0.4) is 0 Å². The van der Waals surface area contributed by atoms with Crippen LogP contribution in [0, 0.1) is 0 Å². The summed E-state index contributed by atoms with van der Waals surface area (Å²) in [6.07, 6.45) is 3.47. The molecule has 1 aliphatic rings. The Morgan fingerprint density at radius 2 is 2.14 bits per heavy atom. The number of fused-ring (bicyclic) bond motifs is 1. The molecule has 0 radical (unpaired) electrons. The van der Waals surface area contributed by atoms with Gasteiger partial charge in [0.05, 0.1) is 11.4 Å². The lowest BCUT2D eigenvalue weighted by Gasteiger charge is -2.27. The van der Waals surface area contributed by atoms with Crippen molar-refractivity contribution in [2.24, 2.45) is 0 Å². The number of sulfone groups is 1. The number of nitrogens with zero attached hydrogens (tertiary/aromatic N) is 4. The Morgan fingerprint density at radius 3 is 2.86 bits per heavy atom. The van der Waals surface area contributed by atoms with E-state index in [0.29, 0.717) is 13.0 Å². The lowest BCUT2D eigenvalue weighted by Crippen LogP contribution is -2.31. The van der Waals surface area contributed by atoms with Crippen molar-refractivity contribution < 1.29 is 8.42 Å².